The highest BCUT2D eigenvalue weighted by Gasteiger charge is 2.21. The van der Waals surface area contributed by atoms with Crippen LogP contribution in [0, 0.1) is 0 Å². The van der Waals surface area contributed by atoms with E-state index in [0.717, 1.165) is 11.5 Å². The molecule has 1 saturated carbocycles. The summed E-state index contributed by atoms with van der Waals surface area (Å²) in [5.74, 6) is 0.790. The lowest BCUT2D eigenvalue weighted by molar-refractivity contribution is 0.0993. The average Bonchev–Trinajstić information content (AvgIpc) is 3.31. The number of hydrogen-bond acceptors (Lipinski definition) is 4. The van der Waals surface area contributed by atoms with Crippen molar-refractivity contribution in [1.82, 2.24) is 9.97 Å². The van der Waals surface area contributed by atoms with E-state index >= 15 is 0 Å². The van der Waals surface area contributed by atoms with E-state index in [1.807, 2.05) is 12.1 Å². The van der Waals surface area contributed by atoms with Crippen molar-refractivity contribution in [2.24, 2.45) is 0 Å². The van der Waals surface area contributed by atoms with Gasteiger partial charge in [-0.1, -0.05) is 0 Å². The number of carbonyl (C=O) groups is 1. The third-order valence-electron chi connectivity index (χ3n) is 3.30. The SMILES string of the molecule is CN(C(=O)c1ccncc1)c1ccc(NC2CC2)nc1. The zero-order valence-corrected chi connectivity index (χ0v) is 11.3. The molecule has 0 saturated heterocycles. The van der Waals surface area contributed by atoms with Crippen LogP contribution in [0.1, 0.15) is 23.2 Å². The second-order valence-electron chi connectivity index (χ2n) is 4.92. The number of carbonyl (C=O) groups excluding carboxylic acids is 1. The Hall–Kier alpha value is -2.43. The van der Waals surface area contributed by atoms with Gasteiger partial charge < -0.3 is 10.2 Å². The number of amides is 1. The molecule has 1 fully saturated rings. The second kappa shape index (κ2) is 5.28. The Bertz CT molecular complexity index is 593. The molecular weight excluding hydrogens is 252 g/mol. The molecule has 0 aliphatic heterocycles. The molecule has 1 N–H and O–H groups in total. The first-order valence-electron chi connectivity index (χ1n) is 6.65. The largest absolute Gasteiger partial charge is 0.367 e. The standard InChI is InChI=1S/C15H16N4O/c1-19(15(20)11-6-8-16-9-7-11)13-4-5-14(17-10-13)18-12-2-3-12/h4-10,12H,2-3H2,1H3,(H,17,18). The number of anilines is 2. The summed E-state index contributed by atoms with van der Waals surface area (Å²) >= 11 is 0. The minimum absolute atomic E-state index is 0.0721. The zero-order chi connectivity index (χ0) is 13.9. The lowest BCUT2D eigenvalue weighted by Gasteiger charge is -2.17. The van der Waals surface area contributed by atoms with Gasteiger partial charge >= 0.3 is 0 Å². The highest BCUT2D eigenvalue weighted by atomic mass is 16.2. The second-order valence-corrected chi connectivity index (χ2v) is 4.92. The van der Waals surface area contributed by atoms with E-state index in [1.54, 1.807) is 42.7 Å². The number of pyridine rings is 2. The predicted molar refractivity (Wildman–Crippen MR) is 77.9 cm³/mol. The summed E-state index contributed by atoms with van der Waals surface area (Å²) < 4.78 is 0. The summed E-state index contributed by atoms with van der Waals surface area (Å²) in [7, 11) is 1.74. The van der Waals surface area contributed by atoms with Crippen LogP contribution in [-0.2, 0) is 0 Å². The van der Waals surface area contributed by atoms with Gasteiger partial charge in [-0.25, -0.2) is 4.98 Å². The molecule has 1 aliphatic rings. The first-order valence-corrected chi connectivity index (χ1v) is 6.65. The van der Waals surface area contributed by atoms with Gasteiger partial charge in [0.1, 0.15) is 5.82 Å². The topological polar surface area (TPSA) is 58.1 Å². The van der Waals surface area contributed by atoms with Gasteiger partial charge in [0.05, 0.1) is 11.9 Å². The maximum Gasteiger partial charge on any atom is 0.258 e. The Morgan fingerprint density at radius 3 is 2.60 bits per heavy atom. The van der Waals surface area contributed by atoms with Crippen LogP contribution in [-0.4, -0.2) is 29.0 Å². The van der Waals surface area contributed by atoms with Crippen LogP contribution in [0.3, 0.4) is 0 Å². The highest BCUT2D eigenvalue weighted by Crippen LogP contribution is 2.24. The third kappa shape index (κ3) is 2.77. The molecule has 0 bridgehead atoms. The maximum atomic E-state index is 12.3. The highest BCUT2D eigenvalue weighted by molar-refractivity contribution is 6.05. The fourth-order valence-electron chi connectivity index (χ4n) is 1.91. The van der Waals surface area contributed by atoms with E-state index in [0.29, 0.717) is 11.6 Å². The Morgan fingerprint density at radius 2 is 2.00 bits per heavy atom. The van der Waals surface area contributed by atoms with Crippen molar-refractivity contribution in [3.8, 4) is 0 Å². The first kappa shape index (κ1) is 12.6. The van der Waals surface area contributed by atoms with Crippen molar-refractivity contribution in [3.63, 3.8) is 0 Å². The molecular formula is C15H16N4O. The fourth-order valence-corrected chi connectivity index (χ4v) is 1.91. The molecule has 5 heteroatoms. The third-order valence-corrected chi connectivity index (χ3v) is 3.30. The number of aromatic nitrogens is 2. The lowest BCUT2D eigenvalue weighted by atomic mass is 10.2. The zero-order valence-electron chi connectivity index (χ0n) is 11.3. The average molecular weight is 268 g/mol. The molecule has 1 amide bonds. The summed E-state index contributed by atoms with van der Waals surface area (Å²) in [6, 6.07) is 7.79. The summed E-state index contributed by atoms with van der Waals surface area (Å²) in [5, 5.41) is 3.32. The van der Waals surface area contributed by atoms with Gasteiger partial charge in [0, 0.05) is 31.0 Å². The quantitative estimate of drug-likeness (QED) is 0.924. The van der Waals surface area contributed by atoms with Crippen LogP contribution in [0.25, 0.3) is 0 Å². The molecule has 2 aromatic rings. The number of rotatable bonds is 4. The Labute approximate surface area is 117 Å². The molecule has 1 aliphatic carbocycles. The summed E-state index contributed by atoms with van der Waals surface area (Å²) in [4.78, 5) is 22.1. The van der Waals surface area contributed by atoms with E-state index in [-0.39, 0.29) is 5.91 Å². The first-order chi connectivity index (χ1) is 9.74. The molecule has 3 rings (SSSR count). The van der Waals surface area contributed by atoms with E-state index in [4.69, 9.17) is 0 Å². The monoisotopic (exact) mass is 268 g/mol. The Balaban J connectivity index is 1.72. The lowest BCUT2D eigenvalue weighted by Crippen LogP contribution is -2.26. The fraction of sp³-hybridized carbons (Fsp3) is 0.267. The van der Waals surface area contributed by atoms with Gasteiger partial charge in [0.2, 0.25) is 0 Å². The number of nitrogens with zero attached hydrogens (tertiary/aromatic N) is 3. The van der Waals surface area contributed by atoms with Gasteiger partial charge in [-0.15, -0.1) is 0 Å². The molecule has 2 heterocycles. The van der Waals surface area contributed by atoms with Crippen LogP contribution < -0.4 is 10.2 Å². The van der Waals surface area contributed by atoms with E-state index in [9.17, 15) is 4.79 Å². The summed E-state index contributed by atoms with van der Waals surface area (Å²) in [6.45, 7) is 0. The predicted octanol–water partition coefficient (Wildman–Crippen LogP) is 2.33. The molecule has 0 aromatic carbocycles. The van der Waals surface area contributed by atoms with Gasteiger partial charge in [0.15, 0.2) is 0 Å². The van der Waals surface area contributed by atoms with Crippen LogP contribution in [0.5, 0.6) is 0 Å². The summed E-state index contributed by atoms with van der Waals surface area (Å²) in [6.07, 6.45) is 7.36. The van der Waals surface area contributed by atoms with Gasteiger partial charge in [-0.05, 0) is 37.1 Å². The molecule has 0 radical (unpaired) electrons. The van der Waals surface area contributed by atoms with Crippen LogP contribution in [0.2, 0.25) is 0 Å². The summed E-state index contributed by atoms with van der Waals surface area (Å²) in [5.41, 5.74) is 1.39. The Morgan fingerprint density at radius 1 is 1.25 bits per heavy atom. The molecule has 0 unspecified atom stereocenters. The van der Waals surface area contributed by atoms with Crippen LogP contribution >= 0.6 is 0 Å². The molecule has 0 atom stereocenters. The number of nitrogens with one attached hydrogen (secondary N) is 1. The Kier molecular flexibility index (Phi) is 3.33. The number of hydrogen-bond donors (Lipinski definition) is 1. The van der Waals surface area contributed by atoms with E-state index in [2.05, 4.69) is 15.3 Å². The van der Waals surface area contributed by atoms with Crippen molar-refractivity contribution in [1.29, 1.82) is 0 Å². The normalized spacial score (nSPS) is 13.8. The van der Waals surface area contributed by atoms with Gasteiger partial charge in [-0.3, -0.25) is 9.78 Å². The molecule has 0 spiro atoms. The van der Waals surface area contributed by atoms with Crippen molar-refractivity contribution in [2.75, 3.05) is 17.3 Å². The van der Waals surface area contributed by atoms with Crippen molar-refractivity contribution >= 4 is 17.4 Å². The van der Waals surface area contributed by atoms with Gasteiger partial charge in [0.25, 0.3) is 5.91 Å². The molecule has 2 aromatic heterocycles. The van der Waals surface area contributed by atoms with Crippen molar-refractivity contribution in [2.45, 2.75) is 18.9 Å². The maximum absolute atomic E-state index is 12.3. The molecule has 102 valence electrons. The van der Waals surface area contributed by atoms with Crippen molar-refractivity contribution < 1.29 is 4.79 Å². The van der Waals surface area contributed by atoms with Crippen LogP contribution in [0.4, 0.5) is 11.5 Å². The van der Waals surface area contributed by atoms with Crippen molar-refractivity contribution in [3.05, 3.63) is 48.4 Å². The van der Waals surface area contributed by atoms with E-state index < -0.39 is 0 Å². The molecule has 5 nitrogen and oxygen atoms in total. The smallest absolute Gasteiger partial charge is 0.258 e. The minimum atomic E-state index is -0.0721. The van der Waals surface area contributed by atoms with E-state index in [1.165, 1.54) is 12.8 Å². The minimum Gasteiger partial charge on any atom is -0.367 e. The van der Waals surface area contributed by atoms with Crippen LogP contribution in [0.15, 0.2) is 42.9 Å². The molecule has 20 heavy (non-hydrogen) atoms. The van der Waals surface area contributed by atoms with Gasteiger partial charge in [-0.2, -0.15) is 0 Å².